The molecule has 2 heterocycles. The zero-order valence-corrected chi connectivity index (χ0v) is 12.9. The number of fused-ring (bicyclic) bond motifs is 1. The molecule has 1 saturated heterocycles. The summed E-state index contributed by atoms with van der Waals surface area (Å²) in [7, 11) is -1.00. The number of amides is 1. The van der Waals surface area contributed by atoms with E-state index in [9.17, 15) is 13.2 Å². The van der Waals surface area contributed by atoms with E-state index in [4.69, 9.17) is 0 Å². The second kappa shape index (κ2) is 5.33. The van der Waals surface area contributed by atoms with Gasteiger partial charge in [0.1, 0.15) is 0 Å². The maximum absolute atomic E-state index is 12.2. The molecule has 5 nitrogen and oxygen atoms in total. The molecule has 3 rings (SSSR count). The molecule has 21 heavy (non-hydrogen) atoms. The summed E-state index contributed by atoms with van der Waals surface area (Å²) < 4.78 is 22.9. The molecule has 0 bridgehead atoms. The molecule has 2 aliphatic rings. The smallest absolute Gasteiger partial charge is 0.224 e. The lowest BCUT2D eigenvalue weighted by Crippen LogP contribution is -2.48. The summed E-state index contributed by atoms with van der Waals surface area (Å²) in [4.78, 5) is 14.4. The SMILES string of the molecule is CN1C[C@H](NC(=O)[C@H]2CCS(=O)(=O)C2)Cc2ccccc21. The maximum Gasteiger partial charge on any atom is 0.224 e. The number of nitrogens with one attached hydrogen (secondary N) is 1. The minimum absolute atomic E-state index is 0.00200. The van der Waals surface area contributed by atoms with Crippen LogP contribution < -0.4 is 10.2 Å². The Morgan fingerprint density at radius 3 is 2.81 bits per heavy atom. The van der Waals surface area contributed by atoms with E-state index in [0.29, 0.717) is 6.42 Å². The van der Waals surface area contributed by atoms with Gasteiger partial charge in [-0.05, 0) is 24.5 Å². The molecular formula is C15H20N2O3S. The lowest BCUT2D eigenvalue weighted by Gasteiger charge is -2.34. The van der Waals surface area contributed by atoms with Gasteiger partial charge in [0.25, 0.3) is 0 Å². The van der Waals surface area contributed by atoms with E-state index in [2.05, 4.69) is 22.3 Å². The average molecular weight is 308 g/mol. The van der Waals surface area contributed by atoms with Crippen molar-refractivity contribution in [1.82, 2.24) is 5.32 Å². The van der Waals surface area contributed by atoms with Gasteiger partial charge in [0.05, 0.1) is 23.5 Å². The van der Waals surface area contributed by atoms with Crippen LogP contribution >= 0.6 is 0 Å². The maximum atomic E-state index is 12.2. The highest BCUT2D eigenvalue weighted by atomic mass is 32.2. The van der Waals surface area contributed by atoms with Crippen LogP contribution in [0.4, 0.5) is 5.69 Å². The summed E-state index contributed by atoms with van der Waals surface area (Å²) in [5.74, 6) is -0.359. The summed E-state index contributed by atoms with van der Waals surface area (Å²) >= 11 is 0. The molecule has 1 amide bonds. The van der Waals surface area contributed by atoms with Crippen LogP contribution in [0.25, 0.3) is 0 Å². The summed E-state index contributed by atoms with van der Waals surface area (Å²) in [6, 6.07) is 8.21. The summed E-state index contributed by atoms with van der Waals surface area (Å²) in [6.07, 6.45) is 1.25. The van der Waals surface area contributed by atoms with Crippen LogP contribution in [0, 0.1) is 5.92 Å². The quantitative estimate of drug-likeness (QED) is 0.869. The molecule has 0 radical (unpaired) electrons. The fraction of sp³-hybridized carbons (Fsp3) is 0.533. The third-order valence-electron chi connectivity index (χ3n) is 4.31. The Hall–Kier alpha value is -1.56. The normalized spacial score (nSPS) is 27.2. The number of nitrogens with zero attached hydrogens (tertiary/aromatic N) is 1. The largest absolute Gasteiger partial charge is 0.372 e. The first kappa shape index (κ1) is 14.4. The lowest BCUT2D eigenvalue weighted by molar-refractivity contribution is -0.124. The Morgan fingerprint density at radius 1 is 1.33 bits per heavy atom. The van der Waals surface area contributed by atoms with Crippen LogP contribution in [0.5, 0.6) is 0 Å². The van der Waals surface area contributed by atoms with E-state index >= 15 is 0 Å². The number of hydrogen-bond acceptors (Lipinski definition) is 4. The number of anilines is 1. The van der Waals surface area contributed by atoms with Gasteiger partial charge in [0.15, 0.2) is 9.84 Å². The number of sulfone groups is 1. The van der Waals surface area contributed by atoms with Gasteiger partial charge in [-0.3, -0.25) is 4.79 Å². The Morgan fingerprint density at radius 2 is 2.10 bits per heavy atom. The number of carbonyl (C=O) groups is 1. The lowest BCUT2D eigenvalue weighted by atomic mass is 9.97. The van der Waals surface area contributed by atoms with Gasteiger partial charge in [-0.2, -0.15) is 0 Å². The predicted octanol–water partition coefficient (Wildman–Crippen LogP) is 0.598. The van der Waals surface area contributed by atoms with Crippen molar-refractivity contribution < 1.29 is 13.2 Å². The Labute approximate surface area is 125 Å². The van der Waals surface area contributed by atoms with E-state index in [-0.39, 0.29) is 29.4 Å². The van der Waals surface area contributed by atoms with Crippen molar-refractivity contribution in [1.29, 1.82) is 0 Å². The zero-order chi connectivity index (χ0) is 15.0. The van der Waals surface area contributed by atoms with Crippen molar-refractivity contribution in [3.05, 3.63) is 29.8 Å². The van der Waals surface area contributed by atoms with Gasteiger partial charge in [-0.1, -0.05) is 18.2 Å². The van der Waals surface area contributed by atoms with Gasteiger partial charge >= 0.3 is 0 Å². The number of para-hydroxylation sites is 1. The van der Waals surface area contributed by atoms with Gasteiger partial charge in [0.2, 0.25) is 5.91 Å². The number of likely N-dealkylation sites (N-methyl/N-ethyl adjacent to an activating group) is 1. The highest BCUT2D eigenvalue weighted by Crippen LogP contribution is 2.26. The number of rotatable bonds is 2. The molecule has 0 aliphatic carbocycles. The highest BCUT2D eigenvalue weighted by Gasteiger charge is 2.34. The van der Waals surface area contributed by atoms with Crippen molar-refractivity contribution in [2.45, 2.75) is 18.9 Å². The summed E-state index contributed by atoms with van der Waals surface area (Å²) in [5.41, 5.74) is 2.42. The molecule has 6 heteroatoms. The monoisotopic (exact) mass is 308 g/mol. The van der Waals surface area contributed by atoms with Crippen molar-refractivity contribution in [3.63, 3.8) is 0 Å². The zero-order valence-electron chi connectivity index (χ0n) is 12.1. The van der Waals surface area contributed by atoms with E-state index in [1.807, 2.05) is 19.2 Å². The Balaban J connectivity index is 1.66. The Bertz CT molecular complexity index is 657. The first-order chi connectivity index (χ1) is 9.94. The molecule has 2 aliphatic heterocycles. The van der Waals surface area contributed by atoms with Crippen molar-refractivity contribution in [2.24, 2.45) is 5.92 Å². The molecule has 0 spiro atoms. The van der Waals surface area contributed by atoms with Crippen LogP contribution in [-0.4, -0.2) is 45.5 Å². The third kappa shape index (κ3) is 3.05. The van der Waals surface area contributed by atoms with E-state index < -0.39 is 9.84 Å². The molecule has 0 saturated carbocycles. The molecule has 0 aromatic heterocycles. The molecule has 1 N–H and O–H groups in total. The van der Waals surface area contributed by atoms with E-state index in [1.54, 1.807) is 0 Å². The van der Waals surface area contributed by atoms with Crippen LogP contribution in [0.3, 0.4) is 0 Å². The number of hydrogen-bond donors (Lipinski definition) is 1. The minimum Gasteiger partial charge on any atom is -0.372 e. The molecule has 1 fully saturated rings. The molecule has 2 atom stereocenters. The molecule has 114 valence electrons. The third-order valence-corrected chi connectivity index (χ3v) is 6.08. The first-order valence-electron chi connectivity index (χ1n) is 7.24. The summed E-state index contributed by atoms with van der Waals surface area (Å²) in [5, 5.41) is 3.02. The molecular weight excluding hydrogens is 288 g/mol. The van der Waals surface area contributed by atoms with Gasteiger partial charge in [0, 0.05) is 19.3 Å². The van der Waals surface area contributed by atoms with Crippen molar-refractivity contribution in [2.75, 3.05) is 30.0 Å². The van der Waals surface area contributed by atoms with Gasteiger partial charge in [-0.25, -0.2) is 8.42 Å². The fourth-order valence-electron chi connectivity index (χ4n) is 3.23. The van der Waals surface area contributed by atoms with Gasteiger partial charge in [-0.15, -0.1) is 0 Å². The van der Waals surface area contributed by atoms with Crippen LogP contribution in [0.2, 0.25) is 0 Å². The van der Waals surface area contributed by atoms with Gasteiger partial charge < -0.3 is 10.2 Å². The topological polar surface area (TPSA) is 66.5 Å². The van der Waals surface area contributed by atoms with Crippen LogP contribution in [0.15, 0.2) is 24.3 Å². The Kier molecular flexibility index (Phi) is 3.65. The van der Waals surface area contributed by atoms with E-state index in [0.717, 1.165) is 13.0 Å². The average Bonchev–Trinajstić information content (AvgIpc) is 2.79. The van der Waals surface area contributed by atoms with Crippen LogP contribution in [-0.2, 0) is 21.1 Å². The predicted molar refractivity (Wildman–Crippen MR) is 82.1 cm³/mol. The number of benzene rings is 1. The molecule has 1 aromatic rings. The minimum atomic E-state index is -3.01. The van der Waals surface area contributed by atoms with Crippen molar-refractivity contribution >= 4 is 21.4 Å². The van der Waals surface area contributed by atoms with Crippen LogP contribution in [0.1, 0.15) is 12.0 Å². The standard InChI is InChI=1S/C15H20N2O3S/c1-17-9-13(8-11-4-2-3-5-14(11)17)16-15(18)12-6-7-21(19,20)10-12/h2-5,12-13H,6-10H2,1H3,(H,16,18)/t12-,13+/m0/s1. The summed E-state index contributed by atoms with van der Waals surface area (Å²) in [6.45, 7) is 0.752. The highest BCUT2D eigenvalue weighted by molar-refractivity contribution is 7.91. The number of carbonyl (C=O) groups excluding carboxylic acids is 1. The molecule has 0 unspecified atom stereocenters. The fourth-order valence-corrected chi connectivity index (χ4v) is 4.97. The second-order valence-corrected chi connectivity index (χ2v) is 8.25. The van der Waals surface area contributed by atoms with Crippen molar-refractivity contribution in [3.8, 4) is 0 Å². The van der Waals surface area contributed by atoms with E-state index in [1.165, 1.54) is 11.3 Å². The molecule has 1 aromatic carbocycles. The second-order valence-electron chi connectivity index (χ2n) is 6.02. The first-order valence-corrected chi connectivity index (χ1v) is 9.06.